The van der Waals surface area contributed by atoms with Crippen molar-refractivity contribution in [1.82, 2.24) is 25.4 Å². The fraction of sp³-hybridized carbons (Fsp3) is 0.471. The molecule has 27 heavy (non-hydrogen) atoms. The van der Waals surface area contributed by atoms with Gasteiger partial charge in [-0.15, -0.1) is 10.2 Å². The fourth-order valence-electron chi connectivity index (χ4n) is 2.76. The molecule has 1 aromatic carbocycles. The van der Waals surface area contributed by atoms with E-state index in [-0.39, 0.29) is 5.82 Å². The molecule has 0 unspecified atom stereocenters. The second-order valence-electron chi connectivity index (χ2n) is 6.10. The van der Waals surface area contributed by atoms with E-state index in [0.717, 1.165) is 32.7 Å². The molecule has 4 N–H and O–H groups in total. The smallest absolute Gasteiger partial charge is 0.244 e. The molecule has 0 atom stereocenters. The van der Waals surface area contributed by atoms with Crippen LogP contribution in [0.1, 0.15) is 0 Å². The highest BCUT2D eigenvalue weighted by molar-refractivity contribution is 6.43. The number of nitrogens with one attached hydrogen (secondary N) is 2. The number of rotatable bonds is 8. The van der Waals surface area contributed by atoms with Crippen LogP contribution < -0.4 is 16.4 Å². The summed E-state index contributed by atoms with van der Waals surface area (Å²) >= 11 is 12.2. The van der Waals surface area contributed by atoms with Gasteiger partial charge in [0, 0.05) is 44.8 Å². The van der Waals surface area contributed by atoms with Gasteiger partial charge in [0.25, 0.3) is 0 Å². The predicted octanol–water partition coefficient (Wildman–Crippen LogP) is 1.76. The van der Waals surface area contributed by atoms with Crippen LogP contribution in [0, 0.1) is 0 Å². The lowest BCUT2D eigenvalue weighted by Crippen LogP contribution is -2.44. The van der Waals surface area contributed by atoms with Gasteiger partial charge in [-0.05, 0) is 6.07 Å². The first-order valence-corrected chi connectivity index (χ1v) is 9.60. The maximum atomic E-state index is 6.21. The van der Waals surface area contributed by atoms with E-state index in [1.165, 1.54) is 0 Å². The molecule has 0 spiro atoms. The van der Waals surface area contributed by atoms with Gasteiger partial charge in [0.15, 0.2) is 5.82 Å². The quantitative estimate of drug-likeness (QED) is 0.564. The Hall–Kier alpha value is -1.71. The van der Waals surface area contributed by atoms with Crippen LogP contribution >= 0.6 is 23.2 Å². The van der Waals surface area contributed by atoms with Gasteiger partial charge in [0.1, 0.15) is 5.69 Å². The molecule has 0 amide bonds. The van der Waals surface area contributed by atoms with E-state index in [1.54, 1.807) is 18.2 Å². The minimum Gasteiger partial charge on any atom is -0.382 e. The zero-order chi connectivity index (χ0) is 19.1. The summed E-state index contributed by atoms with van der Waals surface area (Å²) in [6, 6.07) is 5.24. The number of piperazine rings is 1. The third kappa shape index (κ3) is 5.63. The third-order valence-corrected chi connectivity index (χ3v) is 5.03. The van der Waals surface area contributed by atoms with E-state index >= 15 is 0 Å². The number of aromatic nitrogens is 3. The lowest BCUT2D eigenvalue weighted by Gasteiger charge is -2.26. The lowest BCUT2D eigenvalue weighted by molar-refractivity contribution is 0.106. The fourth-order valence-corrected chi connectivity index (χ4v) is 3.15. The number of halogens is 2. The molecule has 2 heterocycles. The second-order valence-corrected chi connectivity index (χ2v) is 6.89. The largest absolute Gasteiger partial charge is 0.382 e. The van der Waals surface area contributed by atoms with Crippen LogP contribution in [-0.2, 0) is 4.74 Å². The number of hydrogen-bond donors (Lipinski definition) is 3. The van der Waals surface area contributed by atoms with Crippen LogP contribution in [0.2, 0.25) is 10.0 Å². The monoisotopic (exact) mass is 411 g/mol. The number of hydrogen-bond acceptors (Lipinski definition) is 8. The molecular formula is C17H23Cl2N7O. The number of ether oxygens (including phenoxy) is 1. The first-order chi connectivity index (χ1) is 13.1. The molecule has 8 nitrogen and oxygen atoms in total. The maximum Gasteiger partial charge on any atom is 0.244 e. The van der Waals surface area contributed by atoms with Crippen LogP contribution in [0.5, 0.6) is 0 Å². The zero-order valence-corrected chi connectivity index (χ0v) is 16.4. The SMILES string of the molecule is Nc1nc(NCCOCCN2CCNCC2)nnc1-c1cccc(Cl)c1Cl. The van der Waals surface area contributed by atoms with Crippen LogP contribution in [0.3, 0.4) is 0 Å². The van der Waals surface area contributed by atoms with E-state index in [1.807, 2.05) is 0 Å². The molecule has 2 aromatic rings. The Kier molecular flexibility index (Phi) is 7.42. The molecule has 1 aliphatic heterocycles. The molecule has 3 rings (SSSR count). The normalized spacial score (nSPS) is 15.0. The Morgan fingerprint density at radius 2 is 2.00 bits per heavy atom. The van der Waals surface area contributed by atoms with Crippen molar-refractivity contribution in [2.24, 2.45) is 0 Å². The van der Waals surface area contributed by atoms with Crippen molar-refractivity contribution in [3.63, 3.8) is 0 Å². The van der Waals surface area contributed by atoms with E-state index < -0.39 is 0 Å². The molecule has 0 aliphatic carbocycles. The van der Waals surface area contributed by atoms with E-state index in [2.05, 4.69) is 30.7 Å². The van der Waals surface area contributed by atoms with Crippen molar-refractivity contribution in [2.45, 2.75) is 0 Å². The summed E-state index contributed by atoms with van der Waals surface area (Å²) in [6.45, 7) is 7.01. The summed E-state index contributed by atoms with van der Waals surface area (Å²) < 4.78 is 5.65. The number of nitrogen functional groups attached to an aromatic ring is 1. The lowest BCUT2D eigenvalue weighted by atomic mass is 10.1. The van der Waals surface area contributed by atoms with Crippen molar-refractivity contribution >= 4 is 35.0 Å². The van der Waals surface area contributed by atoms with Crippen molar-refractivity contribution < 1.29 is 4.74 Å². The summed E-state index contributed by atoms with van der Waals surface area (Å²) in [5.41, 5.74) is 7.01. The minimum atomic E-state index is 0.233. The van der Waals surface area contributed by atoms with Crippen LogP contribution in [0.4, 0.5) is 11.8 Å². The number of nitrogens with two attached hydrogens (primary N) is 1. The van der Waals surface area contributed by atoms with Crippen LogP contribution in [0.25, 0.3) is 11.3 Å². The molecule has 146 valence electrons. The number of benzene rings is 1. The van der Waals surface area contributed by atoms with Crippen molar-refractivity contribution in [2.75, 3.05) is 63.5 Å². The first kappa shape index (κ1) is 20.0. The Morgan fingerprint density at radius 3 is 2.78 bits per heavy atom. The van der Waals surface area contributed by atoms with Gasteiger partial charge in [-0.3, -0.25) is 4.90 Å². The molecule has 1 aliphatic rings. The standard InChI is InChI=1S/C17H23Cl2N7O/c18-13-3-1-2-12(14(13)19)15-16(20)23-17(25-24-15)22-6-10-27-11-9-26-7-4-21-5-8-26/h1-3,21H,4-11H2,(H3,20,22,23,25). The summed E-state index contributed by atoms with van der Waals surface area (Å²) in [5.74, 6) is 0.580. The summed E-state index contributed by atoms with van der Waals surface area (Å²) in [7, 11) is 0. The number of anilines is 2. The van der Waals surface area contributed by atoms with Gasteiger partial charge >= 0.3 is 0 Å². The summed E-state index contributed by atoms with van der Waals surface area (Å²) in [4.78, 5) is 6.62. The van der Waals surface area contributed by atoms with Gasteiger partial charge < -0.3 is 21.1 Å². The Bertz CT molecular complexity index is 756. The van der Waals surface area contributed by atoms with Crippen molar-refractivity contribution in [3.05, 3.63) is 28.2 Å². The van der Waals surface area contributed by atoms with Gasteiger partial charge in [0.05, 0.1) is 23.3 Å². The van der Waals surface area contributed by atoms with Gasteiger partial charge in [-0.2, -0.15) is 4.98 Å². The minimum absolute atomic E-state index is 0.233. The summed E-state index contributed by atoms with van der Waals surface area (Å²) in [6.07, 6.45) is 0. The first-order valence-electron chi connectivity index (χ1n) is 8.84. The maximum absolute atomic E-state index is 6.21. The van der Waals surface area contributed by atoms with Crippen LogP contribution in [0.15, 0.2) is 18.2 Å². The van der Waals surface area contributed by atoms with E-state index in [9.17, 15) is 0 Å². The van der Waals surface area contributed by atoms with Gasteiger partial charge in [-0.1, -0.05) is 35.3 Å². The molecule has 0 bridgehead atoms. The summed E-state index contributed by atoms with van der Waals surface area (Å²) in [5, 5.41) is 15.4. The molecule has 1 aromatic heterocycles. The number of nitrogens with zero attached hydrogens (tertiary/aromatic N) is 4. The highest BCUT2D eigenvalue weighted by Gasteiger charge is 2.14. The average Bonchev–Trinajstić information content (AvgIpc) is 2.68. The Morgan fingerprint density at radius 1 is 1.19 bits per heavy atom. The molecule has 1 saturated heterocycles. The van der Waals surface area contributed by atoms with E-state index in [4.69, 9.17) is 33.7 Å². The van der Waals surface area contributed by atoms with Crippen molar-refractivity contribution in [1.29, 1.82) is 0 Å². The molecule has 10 heteroatoms. The topological polar surface area (TPSA) is 101 Å². The van der Waals surface area contributed by atoms with Crippen molar-refractivity contribution in [3.8, 4) is 11.3 Å². The molecule has 1 fully saturated rings. The molecule has 0 saturated carbocycles. The highest BCUT2D eigenvalue weighted by atomic mass is 35.5. The Labute approximate surface area is 168 Å². The highest BCUT2D eigenvalue weighted by Crippen LogP contribution is 2.34. The van der Waals surface area contributed by atoms with E-state index in [0.29, 0.717) is 47.0 Å². The third-order valence-electron chi connectivity index (χ3n) is 4.21. The zero-order valence-electron chi connectivity index (χ0n) is 14.9. The molecule has 0 radical (unpaired) electrons. The van der Waals surface area contributed by atoms with Crippen LogP contribution in [-0.4, -0.2) is 72.6 Å². The van der Waals surface area contributed by atoms with Gasteiger partial charge in [0.2, 0.25) is 5.95 Å². The average molecular weight is 412 g/mol. The predicted molar refractivity (Wildman–Crippen MR) is 108 cm³/mol. The Balaban J connectivity index is 1.44. The molecular weight excluding hydrogens is 389 g/mol. The van der Waals surface area contributed by atoms with Gasteiger partial charge in [-0.25, -0.2) is 0 Å². The second kappa shape index (κ2) is 10.0.